The molecular formula is C14H19NO. The Morgan fingerprint density at radius 2 is 2.12 bits per heavy atom. The molecule has 0 bridgehead atoms. The molecule has 1 atom stereocenters. The number of benzene rings is 1. The van der Waals surface area contributed by atoms with Crippen LogP contribution in [0, 0.1) is 5.92 Å². The molecule has 1 unspecified atom stereocenters. The molecule has 16 heavy (non-hydrogen) atoms. The number of hydrogen-bond acceptors (Lipinski definition) is 2. The molecule has 0 fully saturated rings. The summed E-state index contributed by atoms with van der Waals surface area (Å²) in [5.41, 5.74) is 9.23. The summed E-state index contributed by atoms with van der Waals surface area (Å²) in [5, 5.41) is 0. The van der Waals surface area contributed by atoms with E-state index in [1.54, 1.807) is 0 Å². The Morgan fingerprint density at radius 3 is 2.81 bits per heavy atom. The molecule has 86 valence electrons. The Kier molecular flexibility index (Phi) is 3.39. The van der Waals surface area contributed by atoms with Gasteiger partial charge >= 0.3 is 0 Å². The van der Waals surface area contributed by atoms with Crippen LogP contribution in [-0.4, -0.2) is 12.3 Å². The third-order valence-corrected chi connectivity index (χ3v) is 3.53. The zero-order valence-corrected chi connectivity index (χ0v) is 9.83. The van der Waals surface area contributed by atoms with Gasteiger partial charge in [-0.05, 0) is 42.9 Å². The standard InChI is InChI=1S/C14H19NO/c1-2-10(9-15)14(16)13-7-6-11-4-3-5-12(11)8-13/h6-8,10H,2-5,9,15H2,1H3. The molecule has 0 saturated heterocycles. The Morgan fingerprint density at radius 1 is 1.38 bits per heavy atom. The summed E-state index contributed by atoms with van der Waals surface area (Å²) in [7, 11) is 0. The van der Waals surface area contributed by atoms with Gasteiger partial charge in [0.15, 0.2) is 5.78 Å². The molecule has 0 aliphatic heterocycles. The van der Waals surface area contributed by atoms with E-state index < -0.39 is 0 Å². The Bertz CT molecular complexity index is 394. The van der Waals surface area contributed by atoms with Crippen LogP contribution in [-0.2, 0) is 12.8 Å². The molecular weight excluding hydrogens is 198 g/mol. The number of nitrogens with two attached hydrogens (primary N) is 1. The van der Waals surface area contributed by atoms with Gasteiger partial charge in [0.05, 0.1) is 0 Å². The van der Waals surface area contributed by atoms with Gasteiger partial charge in [-0.15, -0.1) is 0 Å². The first-order chi connectivity index (χ1) is 7.76. The van der Waals surface area contributed by atoms with Crippen LogP contribution in [0.15, 0.2) is 18.2 Å². The number of rotatable bonds is 4. The fourth-order valence-corrected chi connectivity index (χ4v) is 2.42. The van der Waals surface area contributed by atoms with Crippen molar-refractivity contribution in [2.45, 2.75) is 32.6 Å². The first kappa shape index (κ1) is 11.3. The Hall–Kier alpha value is -1.15. The molecule has 1 aromatic carbocycles. The topological polar surface area (TPSA) is 43.1 Å². The van der Waals surface area contributed by atoms with Gasteiger partial charge in [0.1, 0.15) is 0 Å². The van der Waals surface area contributed by atoms with E-state index in [1.165, 1.54) is 17.5 Å². The van der Waals surface area contributed by atoms with Crippen LogP contribution in [0.25, 0.3) is 0 Å². The van der Waals surface area contributed by atoms with Crippen molar-refractivity contribution < 1.29 is 4.79 Å². The Labute approximate surface area is 96.8 Å². The second-order valence-electron chi connectivity index (χ2n) is 4.54. The number of carbonyl (C=O) groups is 1. The van der Waals surface area contributed by atoms with Crippen LogP contribution in [0.3, 0.4) is 0 Å². The molecule has 0 aromatic heterocycles. The van der Waals surface area contributed by atoms with Crippen molar-refractivity contribution >= 4 is 5.78 Å². The summed E-state index contributed by atoms with van der Waals surface area (Å²) in [6, 6.07) is 6.15. The van der Waals surface area contributed by atoms with Gasteiger partial charge in [0, 0.05) is 18.0 Å². The van der Waals surface area contributed by atoms with Crippen molar-refractivity contribution in [2.75, 3.05) is 6.54 Å². The molecule has 0 amide bonds. The van der Waals surface area contributed by atoms with Crippen LogP contribution >= 0.6 is 0 Å². The minimum Gasteiger partial charge on any atom is -0.330 e. The lowest BCUT2D eigenvalue weighted by Gasteiger charge is -2.11. The van der Waals surface area contributed by atoms with Crippen LogP contribution in [0.2, 0.25) is 0 Å². The molecule has 1 aromatic rings. The van der Waals surface area contributed by atoms with Crippen molar-refractivity contribution in [1.82, 2.24) is 0 Å². The lowest BCUT2D eigenvalue weighted by atomic mass is 9.93. The van der Waals surface area contributed by atoms with E-state index in [-0.39, 0.29) is 11.7 Å². The average molecular weight is 217 g/mol. The number of aryl methyl sites for hydroxylation is 2. The van der Waals surface area contributed by atoms with E-state index in [9.17, 15) is 4.79 Å². The number of hydrogen-bond donors (Lipinski definition) is 1. The summed E-state index contributed by atoms with van der Waals surface area (Å²) in [6.45, 7) is 2.47. The largest absolute Gasteiger partial charge is 0.330 e. The third kappa shape index (κ3) is 2.03. The third-order valence-electron chi connectivity index (χ3n) is 3.53. The average Bonchev–Trinajstić information content (AvgIpc) is 2.77. The maximum atomic E-state index is 12.1. The van der Waals surface area contributed by atoms with Gasteiger partial charge in [-0.2, -0.15) is 0 Å². The van der Waals surface area contributed by atoms with E-state index in [1.807, 2.05) is 13.0 Å². The summed E-state index contributed by atoms with van der Waals surface area (Å²) in [5.74, 6) is 0.194. The monoisotopic (exact) mass is 217 g/mol. The van der Waals surface area contributed by atoms with E-state index in [0.717, 1.165) is 24.8 Å². The van der Waals surface area contributed by atoms with Crippen molar-refractivity contribution in [1.29, 1.82) is 0 Å². The van der Waals surface area contributed by atoms with Crippen molar-refractivity contribution in [3.05, 3.63) is 34.9 Å². The number of fused-ring (bicyclic) bond motifs is 1. The van der Waals surface area contributed by atoms with Crippen LogP contribution in [0.5, 0.6) is 0 Å². The normalized spacial score (nSPS) is 15.9. The Balaban J connectivity index is 2.24. The summed E-state index contributed by atoms with van der Waals surface area (Å²) >= 11 is 0. The zero-order chi connectivity index (χ0) is 11.5. The van der Waals surface area contributed by atoms with E-state index >= 15 is 0 Å². The molecule has 2 rings (SSSR count). The molecule has 1 aliphatic rings. The molecule has 0 radical (unpaired) electrons. The van der Waals surface area contributed by atoms with E-state index in [0.29, 0.717) is 6.54 Å². The van der Waals surface area contributed by atoms with Gasteiger partial charge in [0.2, 0.25) is 0 Å². The number of Topliss-reactive ketones (excluding diaryl/α,β-unsaturated/α-hetero) is 1. The van der Waals surface area contributed by atoms with Crippen LogP contribution in [0.4, 0.5) is 0 Å². The smallest absolute Gasteiger partial charge is 0.167 e. The molecule has 2 nitrogen and oxygen atoms in total. The lowest BCUT2D eigenvalue weighted by molar-refractivity contribution is 0.0921. The predicted molar refractivity (Wildman–Crippen MR) is 65.6 cm³/mol. The fourth-order valence-electron chi connectivity index (χ4n) is 2.42. The lowest BCUT2D eigenvalue weighted by Crippen LogP contribution is -2.23. The summed E-state index contributed by atoms with van der Waals surface area (Å²) in [4.78, 5) is 12.1. The highest BCUT2D eigenvalue weighted by Gasteiger charge is 2.19. The van der Waals surface area contributed by atoms with E-state index in [4.69, 9.17) is 5.73 Å². The maximum Gasteiger partial charge on any atom is 0.167 e. The van der Waals surface area contributed by atoms with Crippen molar-refractivity contribution in [3.63, 3.8) is 0 Å². The highest BCUT2D eigenvalue weighted by molar-refractivity contribution is 5.98. The fraction of sp³-hybridized carbons (Fsp3) is 0.500. The van der Waals surface area contributed by atoms with E-state index in [2.05, 4.69) is 12.1 Å². The molecule has 2 heteroatoms. The minimum absolute atomic E-state index is 0.0144. The zero-order valence-electron chi connectivity index (χ0n) is 9.83. The summed E-state index contributed by atoms with van der Waals surface area (Å²) < 4.78 is 0. The highest BCUT2D eigenvalue weighted by atomic mass is 16.1. The van der Waals surface area contributed by atoms with Gasteiger partial charge in [-0.3, -0.25) is 4.79 Å². The molecule has 0 saturated carbocycles. The minimum atomic E-state index is -0.0144. The first-order valence-electron chi connectivity index (χ1n) is 6.12. The highest BCUT2D eigenvalue weighted by Crippen LogP contribution is 2.24. The van der Waals surface area contributed by atoms with Crippen LogP contribution < -0.4 is 5.73 Å². The van der Waals surface area contributed by atoms with Crippen LogP contribution in [0.1, 0.15) is 41.3 Å². The predicted octanol–water partition coefficient (Wildman–Crippen LogP) is 2.34. The molecule has 1 aliphatic carbocycles. The molecule has 0 heterocycles. The molecule has 2 N–H and O–H groups in total. The number of carbonyl (C=O) groups excluding carboxylic acids is 1. The van der Waals surface area contributed by atoms with Gasteiger partial charge in [-0.1, -0.05) is 19.1 Å². The number of ketones is 1. The van der Waals surface area contributed by atoms with Crippen molar-refractivity contribution in [3.8, 4) is 0 Å². The SMILES string of the molecule is CCC(CN)C(=O)c1ccc2c(c1)CCC2. The molecule has 0 spiro atoms. The van der Waals surface area contributed by atoms with Gasteiger partial charge in [0.25, 0.3) is 0 Å². The van der Waals surface area contributed by atoms with Gasteiger partial charge < -0.3 is 5.73 Å². The van der Waals surface area contributed by atoms with Crippen molar-refractivity contribution in [2.24, 2.45) is 11.7 Å². The second kappa shape index (κ2) is 4.79. The maximum absolute atomic E-state index is 12.1. The second-order valence-corrected chi connectivity index (χ2v) is 4.54. The van der Waals surface area contributed by atoms with Gasteiger partial charge in [-0.25, -0.2) is 0 Å². The summed E-state index contributed by atoms with van der Waals surface area (Å²) in [6.07, 6.45) is 4.33. The quantitative estimate of drug-likeness (QED) is 0.787. The first-order valence-corrected chi connectivity index (χ1v) is 6.12.